The number of ether oxygens (including phenoxy) is 3. The van der Waals surface area contributed by atoms with Crippen molar-refractivity contribution in [2.24, 2.45) is 0 Å². The van der Waals surface area contributed by atoms with Crippen LogP contribution in [-0.2, 0) is 4.74 Å². The summed E-state index contributed by atoms with van der Waals surface area (Å²) in [4.78, 5) is 19.7. The zero-order valence-corrected chi connectivity index (χ0v) is 12.4. The van der Waals surface area contributed by atoms with Crippen LogP contribution in [0.4, 0.5) is 5.82 Å². The summed E-state index contributed by atoms with van der Waals surface area (Å²) in [6, 6.07) is 4.59. The molecule has 1 aliphatic heterocycles. The molecule has 2 heterocycles. The third-order valence-electron chi connectivity index (χ3n) is 2.97. The van der Waals surface area contributed by atoms with Crippen molar-refractivity contribution in [3.63, 3.8) is 0 Å². The van der Waals surface area contributed by atoms with Gasteiger partial charge < -0.3 is 19.5 Å². The van der Waals surface area contributed by atoms with Gasteiger partial charge in [0.15, 0.2) is 5.82 Å². The summed E-state index contributed by atoms with van der Waals surface area (Å²) < 4.78 is 15.9. The van der Waals surface area contributed by atoms with E-state index >= 15 is 0 Å². The maximum absolute atomic E-state index is 11.6. The molecule has 0 bridgehead atoms. The van der Waals surface area contributed by atoms with Crippen LogP contribution >= 0.6 is 11.6 Å². The number of carbonyl (C=O) groups excluding carboxylic acids is 1. The molecular formula is C14H12ClN3O4. The van der Waals surface area contributed by atoms with E-state index in [1.54, 1.807) is 12.1 Å². The largest absolute Gasteiger partial charge is 0.483 e. The molecule has 0 radical (unpaired) electrons. The van der Waals surface area contributed by atoms with E-state index in [1.165, 1.54) is 19.5 Å². The van der Waals surface area contributed by atoms with Crippen molar-refractivity contribution in [1.29, 1.82) is 0 Å². The number of benzene rings is 1. The van der Waals surface area contributed by atoms with Crippen LogP contribution in [-0.4, -0.2) is 36.2 Å². The van der Waals surface area contributed by atoms with Crippen molar-refractivity contribution in [2.75, 3.05) is 25.6 Å². The molecule has 0 fully saturated rings. The topological polar surface area (TPSA) is 82.6 Å². The average molecular weight is 322 g/mol. The highest BCUT2D eigenvalue weighted by molar-refractivity contribution is 6.32. The number of carbonyl (C=O) groups is 1. The smallest absolute Gasteiger partial charge is 0.337 e. The van der Waals surface area contributed by atoms with Crippen LogP contribution in [0.3, 0.4) is 0 Å². The molecule has 0 aliphatic carbocycles. The highest BCUT2D eigenvalue weighted by Crippen LogP contribution is 2.38. The van der Waals surface area contributed by atoms with E-state index in [1.807, 2.05) is 0 Å². The second-order valence-electron chi connectivity index (χ2n) is 4.37. The lowest BCUT2D eigenvalue weighted by atomic mass is 10.2. The molecule has 8 heteroatoms. The maximum atomic E-state index is 11.6. The van der Waals surface area contributed by atoms with Crippen molar-refractivity contribution in [3.8, 4) is 17.4 Å². The van der Waals surface area contributed by atoms with Gasteiger partial charge in [0.25, 0.3) is 5.88 Å². The predicted molar refractivity (Wildman–Crippen MR) is 78.9 cm³/mol. The quantitative estimate of drug-likeness (QED) is 0.870. The first-order valence-corrected chi connectivity index (χ1v) is 6.84. The molecule has 0 atom stereocenters. The van der Waals surface area contributed by atoms with Crippen LogP contribution in [0.2, 0.25) is 5.02 Å². The van der Waals surface area contributed by atoms with E-state index in [0.29, 0.717) is 35.3 Å². The van der Waals surface area contributed by atoms with E-state index in [9.17, 15) is 4.79 Å². The Morgan fingerprint density at radius 2 is 2.27 bits per heavy atom. The summed E-state index contributed by atoms with van der Waals surface area (Å²) in [6.45, 7) is 1.13. The number of nitrogens with zero attached hydrogens (tertiary/aromatic N) is 2. The lowest BCUT2D eigenvalue weighted by Gasteiger charge is -2.19. The minimum absolute atomic E-state index is 0.223. The summed E-state index contributed by atoms with van der Waals surface area (Å²) in [5, 5.41) is 3.42. The molecule has 2 aromatic rings. The molecule has 7 nitrogen and oxygen atoms in total. The average Bonchev–Trinajstić information content (AvgIpc) is 2.56. The predicted octanol–water partition coefficient (Wildman–Crippen LogP) is 2.51. The van der Waals surface area contributed by atoms with Crippen molar-refractivity contribution in [3.05, 3.63) is 35.1 Å². The third kappa shape index (κ3) is 2.75. The molecule has 114 valence electrons. The molecule has 0 saturated carbocycles. The first-order chi connectivity index (χ1) is 10.7. The minimum atomic E-state index is -0.482. The molecular weight excluding hydrogens is 310 g/mol. The van der Waals surface area contributed by atoms with Crippen LogP contribution in [0.5, 0.6) is 17.4 Å². The highest BCUT2D eigenvalue weighted by atomic mass is 35.5. The molecule has 1 aliphatic rings. The second kappa shape index (κ2) is 6.07. The molecule has 1 aromatic carbocycles. The summed E-state index contributed by atoms with van der Waals surface area (Å²) in [6.07, 6.45) is 1.36. The Morgan fingerprint density at radius 3 is 3.09 bits per heavy atom. The van der Waals surface area contributed by atoms with E-state index in [0.717, 1.165) is 0 Å². The minimum Gasteiger partial charge on any atom is -0.483 e. The van der Waals surface area contributed by atoms with Gasteiger partial charge in [-0.05, 0) is 18.2 Å². The second-order valence-corrected chi connectivity index (χ2v) is 4.78. The zero-order chi connectivity index (χ0) is 15.5. The van der Waals surface area contributed by atoms with Crippen molar-refractivity contribution >= 4 is 23.4 Å². The Bertz CT molecular complexity index is 723. The Balaban J connectivity index is 1.95. The van der Waals surface area contributed by atoms with Crippen LogP contribution in [0, 0.1) is 0 Å². The van der Waals surface area contributed by atoms with Crippen molar-refractivity contribution in [1.82, 2.24) is 9.97 Å². The molecule has 1 aromatic heterocycles. The van der Waals surface area contributed by atoms with Crippen LogP contribution in [0.1, 0.15) is 10.4 Å². The van der Waals surface area contributed by atoms with E-state index in [4.69, 9.17) is 21.1 Å². The Morgan fingerprint density at radius 1 is 1.41 bits per heavy atom. The first kappa shape index (κ1) is 14.4. The van der Waals surface area contributed by atoms with Crippen molar-refractivity contribution in [2.45, 2.75) is 0 Å². The number of nitrogens with one attached hydrogen (secondary N) is 1. The van der Waals surface area contributed by atoms with Gasteiger partial charge in [-0.3, -0.25) is 0 Å². The van der Waals surface area contributed by atoms with E-state index in [2.05, 4.69) is 20.0 Å². The SMILES string of the molecule is COC(=O)c1ccc(Cl)c(Oc2ncnc3c2OCCN3)c1. The monoisotopic (exact) mass is 321 g/mol. The van der Waals surface area contributed by atoms with Gasteiger partial charge in [0, 0.05) is 0 Å². The fourth-order valence-corrected chi connectivity index (χ4v) is 2.10. The van der Waals surface area contributed by atoms with Crippen LogP contribution < -0.4 is 14.8 Å². The first-order valence-electron chi connectivity index (χ1n) is 6.46. The van der Waals surface area contributed by atoms with Gasteiger partial charge in [0.05, 0.1) is 24.2 Å². The number of aromatic nitrogens is 2. The van der Waals surface area contributed by atoms with Crippen LogP contribution in [0.25, 0.3) is 0 Å². The molecule has 3 rings (SSSR count). The fraction of sp³-hybridized carbons (Fsp3) is 0.214. The molecule has 0 saturated heterocycles. The molecule has 0 amide bonds. The molecule has 1 N–H and O–H groups in total. The standard InChI is InChI=1S/C14H12ClN3O4/c1-20-14(19)8-2-3-9(15)10(6-8)22-13-11-12(17-7-18-13)16-4-5-21-11/h2-3,6-7H,4-5H2,1H3,(H,16,17,18). The normalized spacial score (nSPS) is 12.6. The highest BCUT2D eigenvalue weighted by Gasteiger charge is 2.20. The van der Waals surface area contributed by atoms with Gasteiger partial charge in [-0.2, -0.15) is 4.98 Å². The maximum Gasteiger partial charge on any atom is 0.337 e. The molecule has 0 unspecified atom stereocenters. The molecule has 0 spiro atoms. The van der Waals surface area contributed by atoms with Gasteiger partial charge in [-0.15, -0.1) is 0 Å². The van der Waals surface area contributed by atoms with Gasteiger partial charge >= 0.3 is 5.97 Å². The van der Waals surface area contributed by atoms with Crippen LogP contribution in [0.15, 0.2) is 24.5 Å². The number of anilines is 1. The Hall–Kier alpha value is -2.54. The Labute approximate surface area is 131 Å². The van der Waals surface area contributed by atoms with Gasteiger partial charge in [0.2, 0.25) is 5.75 Å². The number of methoxy groups -OCH3 is 1. The lowest BCUT2D eigenvalue weighted by molar-refractivity contribution is 0.0600. The summed E-state index contributed by atoms with van der Waals surface area (Å²) in [5.41, 5.74) is 0.323. The number of fused-ring (bicyclic) bond motifs is 1. The summed E-state index contributed by atoms with van der Waals surface area (Å²) >= 11 is 6.10. The number of rotatable bonds is 3. The fourth-order valence-electron chi connectivity index (χ4n) is 1.94. The number of halogens is 1. The summed E-state index contributed by atoms with van der Waals surface area (Å²) in [7, 11) is 1.30. The lowest BCUT2D eigenvalue weighted by Crippen LogP contribution is -2.19. The number of esters is 1. The zero-order valence-electron chi connectivity index (χ0n) is 11.6. The summed E-state index contributed by atoms with van der Waals surface area (Å²) in [5.74, 6) is 0.981. The number of hydrogen-bond acceptors (Lipinski definition) is 7. The number of hydrogen-bond donors (Lipinski definition) is 1. The van der Waals surface area contributed by atoms with E-state index in [-0.39, 0.29) is 11.6 Å². The van der Waals surface area contributed by atoms with Gasteiger partial charge in [0.1, 0.15) is 18.7 Å². The Kier molecular flexibility index (Phi) is 3.97. The van der Waals surface area contributed by atoms with E-state index < -0.39 is 5.97 Å². The van der Waals surface area contributed by atoms with Gasteiger partial charge in [-0.1, -0.05) is 11.6 Å². The van der Waals surface area contributed by atoms with Gasteiger partial charge in [-0.25, -0.2) is 9.78 Å². The molecule has 22 heavy (non-hydrogen) atoms. The van der Waals surface area contributed by atoms with Crippen molar-refractivity contribution < 1.29 is 19.0 Å². The third-order valence-corrected chi connectivity index (χ3v) is 3.28.